The standard InChI is InChI=1S/C8H14N2S2/c1-3-7(2)6-11-12-8-9-4-5-10-8/h4-5,7H,3,6H2,1-2H3,(H,9,10). The zero-order valence-corrected chi connectivity index (χ0v) is 9.04. The molecule has 0 radical (unpaired) electrons. The maximum absolute atomic E-state index is 4.13. The molecule has 1 heterocycles. The van der Waals surface area contributed by atoms with E-state index >= 15 is 0 Å². The monoisotopic (exact) mass is 202 g/mol. The van der Waals surface area contributed by atoms with Crippen molar-refractivity contribution in [2.24, 2.45) is 5.92 Å². The van der Waals surface area contributed by atoms with Crippen molar-refractivity contribution in [3.8, 4) is 0 Å². The lowest BCUT2D eigenvalue weighted by molar-refractivity contribution is 0.638. The molecule has 1 N–H and O–H groups in total. The van der Waals surface area contributed by atoms with Gasteiger partial charge in [0.1, 0.15) is 0 Å². The highest BCUT2D eigenvalue weighted by molar-refractivity contribution is 8.76. The summed E-state index contributed by atoms with van der Waals surface area (Å²) in [7, 11) is 3.59. The van der Waals surface area contributed by atoms with Crippen LogP contribution in [0.2, 0.25) is 0 Å². The summed E-state index contributed by atoms with van der Waals surface area (Å²) in [4.78, 5) is 7.19. The average Bonchev–Trinajstić information content (AvgIpc) is 2.57. The predicted molar refractivity (Wildman–Crippen MR) is 56.4 cm³/mol. The molecule has 2 nitrogen and oxygen atoms in total. The van der Waals surface area contributed by atoms with Gasteiger partial charge in [-0.05, 0) is 16.7 Å². The van der Waals surface area contributed by atoms with E-state index in [0.29, 0.717) is 0 Å². The topological polar surface area (TPSA) is 28.7 Å². The van der Waals surface area contributed by atoms with E-state index in [1.54, 1.807) is 17.0 Å². The SMILES string of the molecule is CCC(C)CSSc1ncc[nH]1. The van der Waals surface area contributed by atoms with Gasteiger partial charge < -0.3 is 4.98 Å². The molecule has 1 aromatic rings. The first-order chi connectivity index (χ1) is 5.83. The van der Waals surface area contributed by atoms with Crippen LogP contribution in [-0.4, -0.2) is 15.7 Å². The molecule has 0 aliphatic rings. The number of aromatic amines is 1. The Hall–Kier alpha value is -0.0900. The number of nitrogens with one attached hydrogen (secondary N) is 1. The molecule has 0 saturated heterocycles. The van der Waals surface area contributed by atoms with Gasteiger partial charge in [-0.15, -0.1) is 0 Å². The van der Waals surface area contributed by atoms with Crippen LogP contribution < -0.4 is 0 Å². The number of rotatable bonds is 5. The van der Waals surface area contributed by atoms with Gasteiger partial charge in [-0.1, -0.05) is 31.1 Å². The summed E-state index contributed by atoms with van der Waals surface area (Å²) < 4.78 is 0. The van der Waals surface area contributed by atoms with Crippen molar-refractivity contribution in [3.63, 3.8) is 0 Å². The Morgan fingerprint density at radius 1 is 1.67 bits per heavy atom. The normalized spacial score (nSPS) is 13.2. The quantitative estimate of drug-likeness (QED) is 0.743. The number of hydrogen-bond acceptors (Lipinski definition) is 3. The minimum Gasteiger partial charge on any atom is -0.339 e. The van der Waals surface area contributed by atoms with Crippen molar-refractivity contribution in [2.75, 3.05) is 5.75 Å². The zero-order valence-electron chi connectivity index (χ0n) is 7.41. The summed E-state index contributed by atoms with van der Waals surface area (Å²) >= 11 is 0. The average molecular weight is 202 g/mol. The van der Waals surface area contributed by atoms with Crippen molar-refractivity contribution in [2.45, 2.75) is 25.4 Å². The Morgan fingerprint density at radius 3 is 3.08 bits per heavy atom. The van der Waals surface area contributed by atoms with Gasteiger partial charge in [0.2, 0.25) is 0 Å². The molecule has 0 fully saturated rings. The Kier molecular flexibility index (Phi) is 4.61. The minimum absolute atomic E-state index is 0.803. The lowest BCUT2D eigenvalue weighted by Crippen LogP contribution is -1.93. The summed E-state index contributed by atoms with van der Waals surface area (Å²) in [6.07, 6.45) is 4.89. The van der Waals surface area contributed by atoms with Gasteiger partial charge in [-0.2, -0.15) is 0 Å². The van der Waals surface area contributed by atoms with E-state index in [2.05, 4.69) is 23.8 Å². The molecule has 1 rings (SSSR count). The van der Waals surface area contributed by atoms with Crippen LogP contribution in [-0.2, 0) is 0 Å². The van der Waals surface area contributed by atoms with Gasteiger partial charge in [-0.3, -0.25) is 0 Å². The largest absolute Gasteiger partial charge is 0.339 e. The van der Waals surface area contributed by atoms with Crippen LogP contribution in [0.15, 0.2) is 17.6 Å². The van der Waals surface area contributed by atoms with Crippen molar-refractivity contribution in [3.05, 3.63) is 12.4 Å². The molecule has 1 aromatic heterocycles. The van der Waals surface area contributed by atoms with Crippen molar-refractivity contribution in [1.82, 2.24) is 9.97 Å². The van der Waals surface area contributed by atoms with Gasteiger partial charge in [-0.25, -0.2) is 4.98 Å². The molecule has 0 aliphatic heterocycles. The summed E-state index contributed by atoms with van der Waals surface area (Å²) in [6, 6.07) is 0. The third-order valence-corrected chi connectivity index (χ3v) is 4.10. The number of aromatic nitrogens is 2. The first-order valence-electron chi connectivity index (χ1n) is 4.11. The van der Waals surface area contributed by atoms with Crippen molar-refractivity contribution >= 4 is 21.6 Å². The number of hydrogen-bond donors (Lipinski definition) is 1. The molecule has 0 spiro atoms. The molecular formula is C8H14N2S2. The molecule has 1 unspecified atom stereocenters. The molecule has 4 heteroatoms. The fraction of sp³-hybridized carbons (Fsp3) is 0.625. The van der Waals surface area contributed by atoms with Crippen LogP contribution in [0.1, 0.15) is 20.3 Å². The van der Waals surface area contributed by atoms with Gasteiger partial charge in [0.25, 0.3) is 0 Å². The third kappa shape index (κ3) is 3.54. The number of nitrogens with zero attached hydrogens (tertiary/aromatic N) is 1. The lowest BCUT2D eigenvalue weighted by atomic mass is 10.2. The Morgan fingerprint density at radius 2 is 2.50 bits per heavy atom. The van der Waals surface area contributed by atoms with Crippen LogP contribution in [0.5, 0.6) is 0 Å². The van der Waals surface area contributed by atoms with Crippen molar-refractivity contribution in [1.29, 1.82) is 0 Å². The van der Waals surface area contributed by atoms with E-state index in [-0.39, 0.29) is 0 Å². The van der Waals surface area contributed by atoms with Crippen LogP contribution in [0.3, 0.4) is 0 Å². The van der Waals surface area contributed by atoms with Gasteiger partial charge in [0.05, 0.1) is 0 Å². The highest BCUT2D eigenvalue weighted by atomic mass is 33.1. The van der Waals surface area contributed by atoms with Crippen LogP contribution in [0, 0.1) is 5.92 Å². The summed E-state index contributed by atoms with van der Waals surface area (Å²) in [5.74, 6) is 2.00. The molecule has 1 atom stereocenters. The van der Waals surface area contributed by atoms with E-state index in [1.165, 1.54) is 12.2 Å². The first-order valence-corrected chi connectivity index (χ1v) is 6.43. The van der Waals surface area contributed by atoms with Crippen molar-refractivity contribution < 1.29 is 0 Å². The van der Waals surface area contributed by atoms with E-state index in [9.17, 15) is 0 Å². The van der Waals surface area contributed by atoms with Crippen LogP contribution in [0.25, 0.3) is 0 Å². The Bertz CT molecular complexity index is 199. The summed E-state index contributed by atoms with van der Waals surface area (Å²) in [6.45, 7) is 4.50. The second-order valence-electron chi connectivity index (χ2n) is 2.78. The maximum Gasteiger partial charge on any atom is 0.176 e. The predicted octanol–water partition coefficient (Wildman–Crippen LogP) is 3.20. The zero-order chi connectivity index (χ0) is 8.81. The smallest absolute Gasteiger partial charge is 0.176 e. The lowest BCUT2D eigenvalue weighted by Gasteiger charge is -2.04. The summed E-state index contributed by atoms with van der Waals surface area (Å²) in [5.41, 5.74) is 0. The third-order valence-electron chi connectivity index (χ3n) is 1.66. The Labute approximate surface area is 81.3 Å². The Balaban J connectivity index is 2.11. The molecule has 0 bridgehead atoms. The minimum atomic E-state index is 0.803. The van der Waals surface area contributed by atoms with Gasteiger partial charge in [0.15, 0.2) is 5.16 Å². The van der Waals surface area contributed by atoms with Gasteiger partial charge >= 0.3 is 0 Å². The van der Waals surface area contributed by atoms with E-state index in [4.69, 9.17) is 0 Å². The fourth-order valence-corrected chi connectivity index (χ4v) is 3.00. The highest BCUT2D eigenvalue weighted by Gasteiger charge is 2.00. The fourth-order valence-electron chi connectivity index (χ4n) is 0.620. The molecule has 0 saturated carbocycles. The van der Waals surface area contributed by atoms with E-state index < -0.39 is 0 Å². The van der Waals surface area contributed by atoms with E-state index in [1.807, 2.05) is 17.0 Å². The molecule has 12 heavy (non-hydrogen) atoms. The maximum atomic E-state index is 4.13. The molecule has 0 aliphatic carbocycles. The molecule has 0 amide bonds. The first kappa shape index (κ1) is 9.99. The van der Waals surface area contributed by atoms with Crippen LogP contribution >= 0.6 is 21.6 Å². The molecular weight excluding hydrogens is 188 g/mol. The number of H-pyrrole nitrogens is 1. The van der Waals surface area contributed by atoms with Crippen LogP contribution in [0.4, 0.5) is 0 Å². The van der Waals surface area contributed by atoms with E-state index in [0.717, 1.165) is 11.1 Å². The summed E-state index contributed by atoms with van der Waals surface area (Å²) in [5, 5.41) is 1.00. The van der Waals surface area contributed by atoms with Gasteiger partial charge in [0, 0.05) is 18.1 Å². The molecule has 68 valence electrons. The molecule has 0 aromatic carbocycles. The second kappa shape index (κ2) is 5.54. The number of imidazole rings is 1. The highest BCUT2D eigenvalue weighted by Crippen LogP contribution is 2.29. The second-order valence-corrected chi connectivity index (χ2v) is 5.11.